The summed E-state index contributed by atoms with van der Waals surface area (Å²) in [6.07, 6.45) is 2.60. The zero-order valence-corrected chi connectivity index (χ0v) is 13.8. The van der Waals surface area contributed by atoms with E-state index < -0.39 is 17.6 Å². The van der Waals surface area contributed by atoms with Gasteiger partial charge in [0.25, 0.3) is 5.56 Å². The van der Waals surface area contributed by atoms with Crippen molar-refractivity contribution in [3.8, 4) is 5.75 Å². The van der Waals surface area contributed by atoms with Crippen molar-refractivity contribution in [3.63, 3.8) is 0 Å². The Morgan fingerprint density at radius 3 is 2.56 bits per heavy atom. The van der Waals surface area contributed by atoms with Crippen LogP contribution in [0, 0.1) is 11.6 Å². The Hall–Kier alpha value is -2.77. The number of nitrogens with zero attached hydrogens (tertiary/aromatic N) is 3. The number of methoxy groups -OCH3 is 1. The maximum Gasteiger partial charge on any atom is 0.277 e. The summed E-state index contributed by atoms with van der Waals surface area (Å²) in [7, 11) is 1.32. The van der Waals surface area contributed by atoms with Gasteiger partial charge in [0, 0.05) is 43.1 Å². The molecule has 0 saturated carbocycles. The number of carbonyl (C=O) groups excluding carboxylic acids is 1. The van der Waals surface area contributed by atoms with Crippen LogP contribution in [0.25, 0.3) is 0 Å². The number of carbonyl (C=O) groups is 1. The largest absolute Gasteiger partial charge is 0.497 e. The minimum Gasteiger partial charge on any atom is -0.497 e. The molecule has 8 heteroatoms. The molecule has 0 N–H and O–H groups in total. The molecule has 2 aromatic rings. The van der Waals surface area contributed by atoms with E-state index in [2.05, 4.69) is 4.98 Å². The minimum absolute atomic E-state index is 0.0175. The Balaban J connectivity index is 1.95. The lowest BCUT2D eigenvalue weighted by Gasteiger charge is -2.17. The van der Waals surface area contributed by atoms with Crippen LogP contribution in [0.15, 0.2) is 29.5 Å². The molecule has 0 spiro atoms. The summed E-state index contributed by atoms with van der Waals surface area (Å²) in [5.74, 6) is -2.53. The van der Waals surface area contributed by atoms with E-state index in [4.69, 9.17) is 4.74 Å². The molecule has 1 aliphatic heterocycles. The van der Waals surface area contributed by atoms with Crippen LogP contribution in [-0.4, -0.2) is 29.1 Å². The highest BCUT2D eigenvalue weighted by atomic mass is 19.1. The first kappa shape index (κ1) is 17.1. The van der Waals surface area contributed by atoms with Crippen LogP contribution in [0.3, 0.4) is 0 Å². The minimum atomic E-state index is -0.770. The topological polar surface area (TPSA) is 64.4 Å². The molecule has 6 nitrogen and oxygen atoms in total. The molecule has 1 saturated heterocycles. The van der Waals surface area contributed by atoms with E-state index in [-0.39, 0.29) is 41.4 Å². The second-order valence-electron chi connectivity index (χ2n) is 5.78. The molecule has 1 unspecified atom stereocenters. The van der Waals surface area contributed by atoms with Crippen LogP contribution in [-0.2, 0) is 11.3 Å². The summed E-state index contributed by atoms with van der Waals surface area (Å²) in [6, 6.07) is 2.17. The monoisotopic (exact) mass is 349 g/mol. The van der Waals surface area contributed by atoms with Gasteiger partial charge in [0.15, 0.2) is 0 Å². The molecule has 1 aromatic carbocycles. The number of hydrogen-bond acceptors (Lipinski definition) is 4. The summed E-state index contributed by atoms with van der Waals surface area (Å²) in [6.45, 7) is 2.21. The van der Waals surface area contributed by atoms with E-state index in [1.807, 2.05) is 0 Å². The van der Waals surface area contributed by atoms with E-state index >= 15 is 0 Å². The van der Waals surface area contributed by atoms with Crippen molar-refractivity contribution < 1.29 is 18.3 Å². The third kappa shape index (κ3) is 2.99. The molecule has 1 fully saturated rings. The molecule has 0 radical (unpaired) electrons. The van der Waals surface area contributed by atoms with Gasteiger partial charge < -0.3 is 9.64 Å². The van der Waals surface area contributed by atoms with E-state index in [0.717, 1.165) is 12.1 Å². The SMILES string of the molecule is CCn1cncc(N2CC(c3c(F)cc(OC)cc3F)CC2=O)c1=O. The summed E-state index contributed by atoms with van der Waals surface area (Å²) in [4.78, 5) is 29.9. The number of halogens is 2. The van der Waals surface area contributed by atoms with Gasteiger partial charge in [-0.3, -0.25) is 14.2 Å². The van der Waals surface area contributed by atoms with Crippen molar-refractivity contribution >= 4 is 11.6 Å². The molecule has 1 aliphatic rings. The van der Waals surface area contributed by atoms with Crippen molar-refractivity contribution in [1.29, 1.82) is 0 Å². The number of ether oxygens (including phenoxy) is 1. The predicted octanol–water partition coefficient (Wildman–Crippen LogP) is 2.07. The summed E-state index contributed by atoms with van der Waals surface area (Å²) < 4.78 is 34.8. The third-order valence-corrected chi connectivity index (χ3v) is 4.34. The lowest BCUT2D eigenvalue weighted by molar-refractivity contribution is -0.117. The van der Waals surface area contributed by atoms with E-state index in [1.54, 1.807) is 6.92 Å². The lowest BCUT2D eigenvalue weighted by Crippen LogP contribution is -2.33. The Bertz CT molecular complexity index is 859. The van der Waals surface area contributed by atoms with Crippen molar-refractivity contribution in [1.82, 2.24) is 9.55 Å². The quantitative estimate of drug-likeness (QED) is 0.848. The zero-order valence-electron chi connectivity index (χ0n) is 13.8. The normalized spacial score (nSPS) is 17.2. The van der Waals surface area contributed by atoms with Crippen LogP contribution < -0.4 is 15.2 Å². The van der Waals surface area contributed by atoms with Crippen molar-refractivity contribution in [2.45, 2.75) is 25.8 Å². The van der Waals surface area contributed by atoms with Crippen molar-refractivity contribution in [2.75, 3.05) is 18.6 Å². The fraction of sp³-hybridized carbons (Fsp3) is 0.353. The molecule has 1 amide bonds. The van der Waals surface area contributed by atoms with Gasteiger partial charge in [-0.05, 0) is 6.92 Å². The molecule has 2 heterocycles. The van der Waals surface area contributed by atoms with Crippen LogP contribution in [0.2, 0.25) is 0 Å². The number of rotatable bonds is 4. The van der Waals surface area contributed by atoms with Crippen molar-refractivity contribution in [2.24, 2.45) is 0 Å². The van der Waals surface area contributed by atoms with E-state index in [0.29, 0.717) is 6.54 Å². The van der Waals surface area contributed by atoms with Gasteiger partial charge in [0.05, 0.1) is 19.6 Å². The van der Waals surface area contributed by atoms with Gasteiger partial charge in [0.1, 0.15) is 23.1 Å². The van der Waals surface area contributed by atoms with Gasteiger partial charge in [-0.1, -0.05) is 0 Å². The number of aryl methyl sites for hydroxylation is 1. The standard InChI is InChI=1S/C17H17F2N3O3/c1-3-21-9-20-7-14(17(21)24)22-8-10(4-15(22)23)16-12(18)5-11(25-2)6-13(16)19/h5-7,9-10H,3-4,8H2,1-2H3. The Morgan fingerprint density at radius 1 is 1.28 bits per heavy atom. The van der Waals surface area contributed by atoms with Gasteiger partial charge in [-0.2, -0.15) is 0 Å². The Labute approximate surface area is 142 Å². The maximum atomic E-state index is 14.3. The highest BCUT2D eigenvalue weighted by molar-refractivity contribution is 5.96. The second-order valence-corrected chi connectivity index (χ2v) is 5.78. The van der Waals surface area contributed by atoms with Crippen LogP contribution in [0.5, 0.6) is 5.75 Å². The van der Waals surface area contributed by atoms with Crippen LogP contribution in [0.4, 0.5) is 14.5 Å². The predicted molar refractivity (Wildman–Crippen MR) is 86.8 cm³/mol. The van der Waals surface area contributed by atoms with Crippen LogP contribution >= 0.6 is 0 Å². The number of aromatic nitrogens is 2. The highest BCUT2D eigenvalue weighted by Gasteiger charge is 2.36. The molecule has 25 heavy (non-hydrogen) atoms. The smallest absolute Gasteiger partial charge is 0.277 e. The van der Waals surface area contributed by atoms with E-state index in [9.17, 15) is 18.4 Å². The zero-order chi connectivity index (χ0) is 18.1. The number of benzene rings is 1. The first-order valence-corrected chi connectivity index (χ1v) is 7.84. The second kappa shape index (κ2) is 6.62. The molecular weight excluding hydrogens is 332 g/mol. The average Bonchev–Trinajstić information content (AvgIpc) is 2.95. The fourth-order valence-electron chi connectivity index (χ4n) is 3.05. The summed E-state index contributed by atoms with van der Waals surface area (Å²) in [5, 5.41) is 0. The van der Waals surface area contributed by atoms with Gasteiger partial charge in [-0.15, -0.1) is 0 Å². The lowest BCUT2D eigenvalue weighted by atomic mass is 9.97. The molecule has 1 atom stereocenters. The van der Waals surface area contributed by atoms with E-state index in [1.165, 1.54) is 29.1 Å². The van der Waals surface area contributed by atoms with Crippen LogP contribution in [0.1, 0.15) is 24.8 Å². The number of anilines is 1. The maximum absolute atomic E-state index is 14.3. The molecule has 0 bridgehead atoms. The first-order chi connectivity index (χ1) is 12.0. The van der Waals surface area contributed by atoms with Gasteiger partial charge in [-0.25, -0.2) is 13.8 Å². The molecule has 132 valence electrons. The van der Waals surface area contributed by atoms with Crippen molar-refractivity contribution in [3.05, 3.63) is 52.2 Å². The Morgan fingerprint density at radius 2 is 1.96 bits per heavy atom. The average molecular weight is 349 g/mol. The summed E-state index contributed by atoms with van der Waals surface area (Å²) >= 11 is 0. The van der Waals surface area contributed by atoms with Gasteiger partial charge >= 0.3 is 0 Å². The summed E-state index contributed by atoms with van der Waals surface area (Å²) in [5.41, 5.74) is -0.412. The molecular formula is C17H17F2N3O3. The number of hydrogen-bond donors (Lipinski definition) is 0. The highest BCUT2D eigenvalue weighted by Crippen LogP contribution is 2.34. The molecule has 0 aliphatic carbocycles. The van der Waals surface area contributed by atoms with Gasteiger partial charge in [0.2, 0.25) is 5.91 Å². The number of amides is 1. The Kier molecular flexibility index (Phi) is 4.52. The fourth-order valence-corrected chi connectivity index (χ4v) is 3.05. The third-order valence-electron chi connectivity index (χ3n) is 4.34. The first-order valence-electron chi connectivity index (χ1n) is 7.84. The molecule has 3 rings (SSSR count). The molecule has 1 aromatic heterocycles.